The summed E-state index contributed by atoms with van der Waals surface area (Å²) < 4.78 is 10.9. The number of benzene rings is 3. The van der Waals surface area contributed by atoms with E-state index in [0.29, 0.717) is 22.7 Å². The summed E-state index contributed by atoms with van der Waals surface area (Å²) in [6.45, 7) is 4.88. The Morgan fingerprint density at radius 3 is 2.06 bits per heavy atom. The number of esters is 1. The van der Waals surface area contributed by atoms with Gasteiger partial charge in [0.15, 0.2) is 12.4 Å². The number of ketones is 1. The molecule has 0 aromatic heterocycles. The highest BCUT2D eigenvalue weighted by Crippen LogP contribution is 2.29. The van der Waals surface area contributed by atoms with Crippen molar-refractivity contribution in [3.63, 3.8) is 0 Å². The summed E-state index contributed by atoms with van der Waals surface area (Å²) >= 11 is 0. The molecule has 0 saturated carbocycles. The Morgan fingerprint density at radius 2 is 1.39 bits per heavy atom. The molecule has 36 heavy (non-hydrogen) atoms. The Hall–Kier alpha value is -4.46. The molecule has 186 valence electrons. The molecule has 0 heterocycles. The van der Waals surface area contributed by atoms with Crippen molar-refractivity contribution >= 4 is 34.9 Å². The van der Waals surface area contributed by atoms with E-state index >= 15 is 0 Å². The second-order valence-electron chi connectivity index (χ2n) is 8.24. The monoisotopic (exact) mass is 488 g/mol. The summed E-state index contributed by atoms with van der Waals surface area (Å²) in [5.74, 6) is -0.267. The van der Waals surface area contributed by atoms with E-state index < -0.39 is 18.5 Å². The Morgan fingerprint density at radius 1 is 0.750 bits per heavy atom. The van der Waals surface area contributed by atoms with Gasteiger partial charge >= 0.3 is 5.97 Å². The zero-order chi connectivity index (χ0) is 26.1. The number of carbonyl (C=O) groups excluding carboxylic acids is 4. The number of ether oxygens (including phenoxy) is 2. The number of nitrogens with one attached hydrogen (secondary N) is 2. The van der Waals surface area contributed by atoms with Crippen LogP contribution in [0.1, 0.15) is 41.3 Å². The molecule has 0 atom stereocenters. The third-order valence-electron chi connectivity index (χ3n) is 5.24. The first kappa shape index (κ1) is 26.2. The maximum atomic E-state index is 12.2. The second kappa shape index (κ2) is 12.3. The molecular weight excluding hydrogens is 460 g/mol. The van der Waals surface area contributed by atoms with Crippen LogP contribution in [0.2, 0.25) is 0 Å². The van der Waals surface area contributed by atoms with Crippen LogP contribution in [0.3, 0.4) is 0 Å². The minimum atomic E-state index is -0.671. The van der Waals surface area contributed by atoms with Crippen molar-refractivity contribution in [3.05, 3.63) is 83.4 Å². The molecule has 0 fully saturated rings. The fourth-order valence-electron chi connectivity index (χ4n) is 3.35. The molecule has 0 radical (unpaired) electrons. The first-order valence-electron chi connectivity index (χ1n) is 11.4. The lowest BCUT2D eigenvalue weighted by molar-refractivity contribution is -0.147. The first-order chi connectivity index (χ1) is 17.2. The Kier molecular flexibility index (Phi) is 8.94. The van der Waals surface area contributed by atoms with Crippen molar-refractivity contribution < 1.29 is 28.7 Å². The van der Waals surface area contributed by atoms with E-state index in [0.717, 1.165) is 16.9 Å². The molecule has 0 bridgehead atoms. The Balaban J connectivity index is 1.40. The lowest BCUT2D eigenvalue weighted by Gasteiger charge is -2.12. The molecule has 0 aliphatic rings. The van der Waals surface area contributed by atoms with Gasteiger partial charge in [-0.25, -0.2) is 0 Å². The number of aryl methyl sites for hydroxylation is 2. The van der Waals surface area contributed by atoms with Crippen molar-refractivity contribution in [2.24, 2.45) is 0 Å². The molecule has 3 aromatic rings. The summed E-state index contributed by atoms with van der Waals surface area (Å²) in [6.07, 6.45) is -0.269. The van der Waals surface area contributed by atoms with Crippen molar-refractivity contribution in [1.82, 2.24) is 0 Å². The molecule has 3 rings (SSSR count). The molecule has 0 spiro atoms. The van der Waals surface area contributed by atoms with Crippen molar-refractivity contribution in [1.29, 1.82) is 0 Å². The molecule has 8 nitrogen and oxygen atoms in total. The number of hydrogen-bond acceptors (Lipinski definition) is 6. The maximum absolute atomic E-state index is 12.2. The first-order valence-corrected chi connectivity index (χ1v) is 11.4. The van der Waals surface area contributed by atoms with Gasteiger partial charge in [0.05, 0.1) is 6.42 Å². The van der Waals surface area contributed by atoms with E-state index in [4.69, 9.17) is 9.47 Å². The number of amides is 2. The van der Waals surface area contributed by atoms with Gasteiger partial charge in [0.1, 0.15) is 11.5 Å². The molecule has 2 amide bonds. The summed E-state index contributed by atoms with van der Waals surface area (Å²) in [5, 5.41) is 5.27. The highest BCUT2D eigenvalue weighted by Gasteiger charge is 2.12. The van der Waals surface area contributed by atoms with Crippen LogP contribution in [-0.4, -0.2) is 30.2 Å². The van der Waals surface area contributed by atoms with Crippen LogP contribution in [-0.2, 0) is 19.1 Å². The van der Waals surface area contributed by atoms with Gasteiger partial charge in [-0.05, 0) is 68.3 Å². The van der Waals surface area contributed by atoms with E-state index in [2.05, 4.69) is 10.6 Å². The topological polar surface area (TPSA) is 111 Å². The number of hydrogen-bond donors (Lipinski definition) is 2. The van der Waals surface area contributed by atoms with E-state index in [1.165, 1.54) is 13.0 Å². The normalized spacial score (nSPS) is 10.3. The van der Waals surface area contributed by atoms with Crippen LogP contribution in [0, 0.1) is 13.8 Å². The van der Waals surface area contributed by atoms with E-state index in [1.54, 1.807) is 42.5 Å². The van der Waals surface area contributed by atoms with Crippen LogP contribution in [0.4, 0.5) is 11.4 Å². The zero-order valence-corrected chi connectivity index (χ0v) is 20.4. The molecule has 8 heteroatoms. The number of carbonyl (C=O) groups is 4. The Bertz CT molecular complexity index is 1250. The minimum absolute atomic E-state index is 0.0955. The fourth-order valence-corrected chi connectivity index (χ4v) is 3.35. The molecule has 0 saturated heterocycles. The van der Waals surface area contributed by atoms with Gasteiger partial charge in [0.2, 0.25) is 5.91 Å². The van der Waals surface area contributed by atoms with Crippen LogP contribution in [0.15, 0.2) is 66.7 Å². The summed E-state index contributed by atoms with van der Waals surface area (Å²) in [6, 6.07) is 19.3. The smallest absolute Gasteiger partial charge is 0.306 e. The van der Waals surface area contributed by atoms with Gasteiger partial charge in [0.25, 0.3) is 5.91 Å². The molecule has 0 unspecified atom stereocenters. The largest absolute Gasteiger partial charge is 0.457 e. The predicted octanol–water partition coefficient (Wildman–Crippen LogP) is 5.20. The van der Waals surface area contributed by atoms with E-state index in [-0.39, 0.29) is 24.5 Å². The molecule has 2 N–H and O–H groups in total. The third kappa shape index (κ3) is 7.80. The third-order valence-corrected chi connectivity index (χ3v) is 5.24. The zero-order valence-electron chi connectivity index (χ0n) is 20.4. The average Bonchev–Trinajstić information content (AvgIpc) is 2.85. The van der Waals surface area contributed by atoms with Gasteiger partial charge < -0.3 is 20.1 Å². The highest BCUT2D eigenvalue weighted by molar-refractivity contribution is 5.98. The van der Waals surface area contributed by atoms with Crippen molar-refractivity contribution in [2.45, 2.75) is 33.6 Å². The van der Waals surface area contributed by atoms with Crippen molar-refractivity contribution in [3.8, 4) is 11.5 Å². The van der Waals surface area contributed by atoms with Gasteiger partial charge in [0, 0.05) is 23.4 Å². The summed E-state index contributed by atoms with van der Waals surface area (Å²) in [4.78, 5) is 47.5. The van der Waals surface area contributed by atoms with Gasteiger partial charge in [-0.15, -0.1) is 0 Å². The summed E-state index contributed by atoms with van der Waals surface area (Å²) in [5.41, 5.74) is 3.50. The van der Waals surface area contributed by atoms with Gasteiger partial charge in [-0.1, -0.05) is 30.3 Å². The van der Waals surface area contributed by atoms with E-state index in [1.807, 2.05) is 32.0 Å². The average molecular weight is 489 g/mol. The highest BCUT2D eigenvalue weighted by atomic mass is 16.5. The summed E-state index contributed by atoms with van der Waals surface area (Å²) in [7, 11) is 0. The lowest BCUT2D eigenvalue weighted by atomic mass is 10.1. The SMILES string of the molecule is CC(=O)c1cccc(NC(=O)COC(=O)CCC(=O)Nc2ccc(Oc3c(C)cccc3C)cc2)c1. The Labute approximate surface area is 209 Å². The van der Waals surface area contributed by atoms with Crippen LogP contribution >= 0.6 is 0 Å². The second-order valence-corrected chi connectivity index (χ2v) is 8.24. The van der Waals surface area contributed by atoms with Crippen LogP contribution in [0.5, 0.6) is 11.5 Å². The van der Waals surface area contributed by atoms with Gasteiger partial charge in [-0.3, -0.25) is 19.2 Å². The fraction of sp³-hybridized carbons (Fsp3) is 0.214. The maximum Gasteiger partial charge on any atom is 0.306 e. The van der Waals surface area contributed by atoms with Crippen LogP contribution in [0.25, 0.3) is 0 Å². The van der Waals surface area contributed by atoms with Crippen LogP contribution < -0.4 is 15.4 Å². The molecule has 3 aromatic carbocycles. The number of Topliss-reactive ketones (excluding diaryl/α,β-unsaturated/α-hetero) is 1. The lowest BCUT2D eigenvalue weighted by Crippen LogP contribution is -2.22. The number of para-hydroxylation sites is 1. The molecule has 0 aliphatic carbocycles. The minimum Gasteiger partial charge on any atom is -0.457 e. The standard InChI is InChI=1S/C28H28N2O6/c1-18-6-4-7-19(2)28(18)36-24-12-10-22(11-13-24)29-25(32)14-15-27(34)35-17-26(33)30-23-9-5-8-21(16-23)20(3)31/h4-13,16H,14-15,17H2,1-3H3,(H,29,32)(H,30,33). The van der Waals surface area contributed by atoms with Gasteiger partial charge in [-0.2, -0.15) is 0 Å². The number of anilines is 2. The molecule has 0 aliphatic heterocycles. The molecular formula is C28H28N2O6. The van der Waals surface area contributed by atoms with E-state index in [9.17, 15) is 19.2 Å². The number of rotatable bonds is 10. The quantitative estimate of drug-likeness (QED) is 0.300. The predicted molar refractivity (Wildman–Crippen MR) is 136 cm³/mol. The van der Waals surface area contributed by atoms with Crippen molar-refractivity contribution in [2.75, 3.05) is 17.2 Å².